The number of hydrogen-bond acceptors (Lipinski definition) is 4. The fourth-order valence-corrected chi connectivity index (χ4v) is 4.39. The quantitative estimate of drug-likeness (QED) is 0.658. The van der Waals surface area contributed by atoms with Crippen LogP contribution in [0.5, 0.6) is 0 Å². The second-order valence-corrected chi connectivity index (χ2v) is 8.25. The normalized spacial score (nSPS) is 21.9. The molecule has 1 heterocycles. The maximum Gasteiger partial charge on any atom is 0.276 e. The summed E-state index contributed by atoms with van der Waals surface area (Å²) in [5.74, 6) is 0.121. The van der Waals surface area contributed by atoms with Crippen LogP contribution in [0.15, 0.2) is 0 Å². The van der Waals surface area contributed by atoms with E-state index in [1.54, 1.807) is 6.92 Å². The monoisotopic (exact) mass is 319 g/mol. The zero-order valence-electron chi connectivity index (χ0n) is 10.1. The van der Waals surface area contributed by atoms with Crippen LogP contribution in [0.25, 0.3) is 0 Å². The average molecular weight is 320 g/mol. The van der Waals surface area contributed by atoms with Crippen molar-refractivity contribution in [3.8, 4) is 0 Å². The molecule has 1 unspecified atom stereocenters. The van der Waals surface area contributed by atoms with E-state index in [0.717, 1.165) is 4.31 Å². The van der Waals surface area contributed by atoms with Crippen LogP contribution in [0.2, 0.25) is 0 Å². The molecule has 7 nitrogen and oxygen atoms in total. The van der Waals surface area contributed by atoms with Crippen molar-refractivity contribution in [2.24, 2.45) is 11.1 Å². The van der Waals surface area contributed by atoms with Crippen molar-refractivity contribution in [2.45, 2.75) is 6.92 Å². The van der Waals surface area contributed by atoms with Gasteiger partial charge in [-0.25, -0.2) is 13.6 Å². The molecule has 18 heavy (non-hydrogen) atoms. The van der Waals surface area contributed by atoms with Crippen molar-refractivity contribution in [2.75, 3.05) is 37.8 Å². The minimum Gasteiger partial charge on any atom is -0.216 e. The van der Waals surface area contributed by atoms with Gasteiger partial charge in [-0.05, 0) is 5.92 Å². The molecule has 0 amide bonds. The lowest BCUT2D eigenvalue weighted by Crippen LogP contribution is -2.52. The minimum absolute atomic E-state index is 0.0219. The third kappa shape index (κ3) is 4.32. The second-order valence-electron chi connectivity index (χ2n) is 4.38. The van der Waals surface area contributed by atoms with E-state index in [9.17, 15) is 16.8 Å². The van der Waals surface area contributed by atoms with Crippen molar-refractivity contribution in [3.63, 3.8) is 0 Å². The molecule has 1 saturated heterocycles. The molecule has 1 aliphatic rings. The summed E-state index contributed by atoms with van der Waals surface area (Å²) in [6.07, 6.45) is 0. The first-order chi connectivity index (χ1) is 8.16. The Morgan fingerprint density at radius 2 is 1.56 bits per heavy atom. The highest BCUT2D eigenvalue weighted by molar-refractivity contribution is 7.89. The van der Waals surface area contributed by atoms with Gasteiger partial charge in [-0.2, -0.15) is 17.0 Å². The summed E-state index contributed by atoms with van der Waals surface area (Å²) in [6, 6.07) is 0. The topological polar surface area (TPSA) is 101 Å². The van der Waals surface area contributed by atoms with E-state index >= 15 is 0 Å². The summed E-state index contributed by atoms with van der Waals surface area (Å²) >= 11 is 5.59. The predicted octanol–water partition coefficient (Wildman–Crippen LogP) is -0.988. The van der Waals surface area contributed by atoms with Gasteiger partial charge in [0.15, 0.2) is 0 Å². The molecule has 0 spiro atoms. The zero-order chi connectivity index (χ0) is 14.0. The lowest BCUT2D eigenvalue weighted by atomic mass is 10.3. The largest absolute Gasteiger partial charge is 0.276 e. The molecule has 0 saturated carbocycles. The van der Waals surface area contributed by atoms with Crippen molar-refractivity contribution in [1.29, 1.82) is 0 Å². The van der Waals surface area contributed by atoms with E-state index in [1.165, 1.54) is 4.31 Å². The molecule has 1 rings (SSSR count). The molecule has 0 aliphatic carbocycles. The van der Waals surface area contributed by atoms with Crippen LogP contribution in [0.1, 0.15) is 6.92 Å². The third-order valence-corrected chi connectivity index (χ3v) is 6.46. The molecule has 1 atom stereocenters. The van der Waals surface area contributed by atoms with E-state index in [4.69, 9.17) is 16.7 Å². The fourth-order valence-electron chi connectivity index (χ4n) is 1.71. The fraction of sp³-hybridized carbons (Fsp3) is 1.00. The van der Waals surface area contributed by atoms with Crippen LogP contribution in [-0.2, 0) is 20.2 Å². The minimum atomic E-state index is -3.73. The van der Waals surface area contributed by atoms with Gasteiger partial charge in [-0.3, -0.25) is 0 Å². The molecule has 0 aromatic rings. The molecule has 108 valence electrons. The lowest BCUT2D eigenvalue weighted by molar-refractivity contribution is 0.272. The van der Waals surface area contributed by atoms with Gasteiger partial charge in [0, 0.05) is 32.1 Å². The number of alkyl halides is 1. The Morgan fingerprint density at radius 1 is 1.11 bits per heavy atom. The van der Waals surface area contributed by atoms with Crippen LogP contribution in [0, 0.1) is 5.92 Å². The summed E-state index contributed by atoms with van der Waals surface area (Å²) in [5.41, 5.74) is 0. The van der Waals surface area contributed by atoms with Gasteiger partial charge in [-0.1, -0.05) is 6.92 Å². The molecule has 2 N–H and O–H groups in total. The Balaban J connectivity index is 2.63. The number of hydrogen-bond donors (Lipinski definition) is 1. The highest BCUT2D eigenvalue weighted by atomic mass is 35.5. The highest BCUT2D eigenvalue weighted by Crippen LogP contribution is 2.13. The first kappa shape index (κ1) is 16.1. The van der Waals surface area contributed by atoms with Crippen molar-refractivity contribution < 1.29 is 16.8 Å². The summed E-state index contributed by atoms with van der Waals surface area (Å²) < 4.78 is 48.5. The third-order valence-electron chi connectivity index (χ3n) is 2.71. The van der Waals surface area contributed by atoms with E-state index < -0.39 is 20.2 Å². The number of rotatable bonds is 5. The maximum atomic E-state index is 12.0. The van der Waals surface area contributed by atoms with E-state index in [1.807, 2.05) is 0 Å². The number of sulfonamides is 1. The smallest absolute Gasteiger partial charge is 0.216 e. The van der Waals surface area contributed by atoms with Crippen molar-refractivity contribution in [3.05, 3.63) is 0 Å². The average Bonchev–Trinajstić information content (AvgIpc) is 2.27. The summed E-state index contributed by atoms with van der Waals surface area (Å²) in [6.45, 7) is 2.20. The van der Waals surface area contributed by atoms with Gasteiger partial charge < -0.3 is 0 Å². The summed E-state index contributed by atoms with van der Waals surface area (Å²) in [5, 5.41) is 4.98. The van der Waals surface area contributed by atoms with Gasteiger partial charge >= 0.3 is 0 Å². The Bertz CT molecular complexity index is 471. The molecule has 10 heteroatoms. The van der Waals surface area contributed by atoms with E-state index in [2.05, 4.69) is 0 Å². The highest BCUT2D eigenvalue weighted by Gasteiger charge is 2.31. The Morgan fingerprint density at radius 3 is 1.94 bits per heavy atom. The molecular formula is C8H18ClN3O4S2. The van der Waals surface area contributed by atoms with Crippen LogP contribution in [-0.4, -0.2) is 63.3 Å². The Hall–Kier alpha value is 0.0700. The first-order valence-electron chi connectivity index (χ1n) is 5.48. The molecule has 0 aromatic carbocycles. The molecule has 1 fully saturated rings. The summed E-state index contributed by atoms with van der Waals surface area (Å²) in [7, 11) is -7.11. The zero-order valence-corrected chi connectivity index (χ0v) is 12.5. The van der Waals surface area contributed by atoms with Crippen LogP contribution in [0.3, 0.4) is 0 Å². The molecule has 0 aromatic heterocycles. The standard InChI is InChI=1S/C8H18ClN3O4S2/c1-8(6-9)7-17(13,14)11-2-4-12(5-3-11)18(10,15)16/h8H,2-7H2,1H3,(H2,10,15,16). The number of nitrogens with zero attached hydrogens (tertiary/aromatic N) is 2. The van der Waals surface area contributed by atoms with Crippen LogP contribution >= 0.6 is 11.6 Å². The predicted molar refractivity (Wildman–Crippen MR) is 69.9 cm³/mol. The van der Waals surface area contributed by atoms with Gasteiger partial charge in [-0.15, -0.1) is 11.6 Å². The second kappa shape index (κ2) is 6.02. The van der Waals surface area contributed by atoms with Gasteiger partial charge in [0.2, 0.25) is 10.0 Å². The van der Waals surface area contributed by atoms with E-state index in [-0.39, 0.29) is 43.7 Å². The first-order valence-corrected chi connectivity index (χ1v) is 9.13. The summed E-state index contributed by atoms with van der Waals surface area (Å²) in [4.78, 5) is 0. The van der Waals surface area contributed by atoms with Crippen LogP contribution in [0.4, 0.5) is 0 Å². The molecule has 0 radical (unpaired) electrons. The number of piperazine rings is 1. The number of nitrogens with two attached hydrogens (primary N) is 1. The van der Waals surface area contributed by atoms with Crippen molar-refractivity contribution >= 4 is 31.8 Å². The SMILES string of the molecule is CC(CCl)CS(=O)(=O)N1CCN(S(N)(=O)=O)CC1. The Kier molecular flexibility index (Phi) is 5.39. The van der Waals surface area contributed by atoms with Gasteiger partial charge in [0.25, 0.3) is 10.2 Å². The molecule has 0 bridgehead atoms. The van der Waals surface area contributed by atoms with Crippen LogP contribution < -0.4 is 5.14 Å². The Labute approximate surface area is 113 Å². The van der Waals surface area contributed by atoms with Crippen molar-refractivity contribution in [1.82, 2.24) is 8.61 Å². The van der Waals surface area contributed by atoms with Gasteiger partial charge in [0.05, 0.1) is 5.75 Å². The maximum absolute atomic E-state index is 12.0. The molecular weight excluding hydrogens is 302 g/mol. The van der Waals surface area contributed by atoms with Gasteiger partial charge in [0.1, 0.15) is 0 Å². The molecule has 1 aliphatic heterocycles. The lowest BCUT2D eigenvalue weighted by Gasteiger charge is -2.32. The van der Waals surface area contributed by atoms with E-state index in [0.29, 0.717) is 0 Å². The number of halogens is 1.